The molecule has 25 heavy (non-hydrogen) atoms. The van der Waals surface area contributed by atoms with E-state index in [2.05, 4.69) is 0 Å². The van der Waals surface area contributed by atoms with Crippen LogP contribution in [0.5, 0.6) is 0 Å². The lowest BCUT2D eigenvalue weighted by Gasteiger charge is -2.09. The van der Waals surface area contributed by atoms with Gasteiger partial charge in [-0.3, -0.25) is 0 Å². The van der Waals surface area contributed by atoms with Gasteiger partial charge >= 0.3 is 5.97 Å². The van der Waals surface area contributed by atoms with E-state index in [-0.39, 0.29) is 6.61 Å². The number of halogens is 2. The van der Waals surface area contributed by atoms with E-state index >= 15 is 0 Å². The molecule has 0 aliphatic rings. The van der Waals surface area contributed by atoms with Crippen molar-refractivity contribution in [2.75, 3.05) is 6.61 Å². The number of esters is 1. The standard InChI is InChI=1S/C20H17F2NO2/c1-3-25-20(24)19-13(2)18(14-9-15(21)11-16(22)10-14)12-23(19)17-7-5-4-6-8-17/h4-12H,3H2,1-2H3. The molecule has 3 nitrogen and oxygen atoms in total. The third kappa shape index (κ3) is 3.31. The maximum absolute atomic E-state index is 13.6. The lowest BCUT2D eigenvalue weighted by molar-refractivity contribution is 0.0516. The summed E-state index contributed by atoms with van der Waals surface area (Å²) in [5, 5.41) is 0. The quantitative estimate of drug-likeness (QED) is 0.632. The van der Waals surface area contributed by atoms with Crippen molar-refractivity contribution in [3.05, 3.63) is 77.6 Å². The van der Waals surface area contributed by atoms with Crippen LogP contribution in [0.2, 0.25) is 0 Å². The average Bonchev–Trinajstić information content (AvgIpc) is 2.92. The van der Waals surface area contributed by atoms with Gasteiger partial charge in [-0.25, -0.2) is 13.6 Å². The predicted octanol–water partition coefficient (Wildman–Crippen LogP) is 4.91. The maximum atomic E-state index is 13.6. The highest BCUT2D eigenvalue weighted by molar-refractivity contribution is 5.93. The van der Waals surface area contributed by atoms with Gasteiger partial charge in [0.1, 0.15) is 17.3 Å². The Kier molecular flexibility index (Phi) is 4.65. The van der Waals surface area contributed by atoms with Crippen molar-refractivity contribution in [2.45, 2.75) is 13.8 Å². The van der Waals surface area contributed by atoms with E-state index in [1.807, 2.05) is 30.3 Å². The number of benzene rings is 2. The van der Waals surface area contributed by atoms with Crippen molar-refractivity contribution in [1.29, 1.82) is 0 Å². The Morgan fingerprint density at radius 3 is 2.32 bits per heavy atom. The lowest BCUT2D eigenvalue weighted by Crippen LogP contribution is -2.12. The highest BCUT2D eigenvalue weighted by atomic mass is 19.1. The van der Waals surface area contributed by atoms with E-state index < -0.39 is 17.6 Å². The summed E-state index contributed by atoms with van der Waals surface area (Å²) in [4.78, 5) is 12.4. The summed E-state index contributed by atoms with van der Waals surface area (Å²) in [6.45, 7) is 3.71. The zero-order chi connectivity index (χ0) is 18.0. The van der Waals surface area contributed by atoms with Crippen molar-refractivity contribution in [2.24, 2.45) is 0 Å². The molecule has 0 bridgehead atoms. The molecule has 3 rings (SSSR count). The van der Waals surface area contributed by atoms with Crippen LogP contribution in [0.15, 0.2) is 54.7 Å². The highest BCUT2D eigenvalue weighted by Gasteiger charge is 2.22. The molecule has 1 aromatic heterocycles. The molecule has 0 aliphatic carbocycles. The number of hydrogen-bond donors (Lipinski definition) is 0. The fourth-order valence-corrected chi connectivity index (χ4v) is 2.84. The number of aromatic nitrogens is 1. The number of carbonyl (C=O) groups excluding carboxylic acids is 1. The van der Waals surface area contributed by atoms with Gasteiger partial charge in [-0.15, -0.1) is 0 Å². The van der Waals surface area contributed by atoms with Crippen LogP contribution in [0.1, 0.15) is 23.0 Å². The molecule has 0 fully saturated rings. The minimum atomic E-state index is -0.667. The number of carbonyl (C=O) groups is 1. The first kappa shape index (κ1) is 16.9. The molecule has 0 spiro atoms. The Morgan fingerprint density at radius 1 is 1.08 bits per heavy atom. The fraction of sp³-hybridized carbons (Fsp3) is 0.150. The Balaban J connectivity index is 2.23. The van der Waals surface area contributed by atoms with Gasteiger partial charge in [0, 0.05) is 23.5 Å². The second-order valence-electron chi connectivity index (χ2n) is 5.60. The van der Waals surface area contributed by atoms with Crippen molar-refractivity contribution in [3.63, 3.8) is 0 Å². The summed E-state index contributed by atoms with van der Waals surface area (Å²) in [5.41, 5.74) is 2.65. The summed E-state index contributed by atoms with van der Waals surface area (Å²) in [6, 6.07) is 12.6. The lowest BCUT2D eigenvalue weighted by atomic mass is 10.0. The van der Waals surface area contributed by atoms with Crippen molar-refractivity contribution in [1.82, 2.24) is 4.57 Å². The van der Waals surface area contributed by atoms with Crippen molar-refractivity contribution < 1.29 is 18.3 Å². The van der Waals surface area contributed by atoms with E-state index in [1.54, 1.807) is 24.6 Å². The summed E-state index contributed by atoms with van der Waals surface area (Å²) >= 11 is 0. The molecule has 0 radical (unpaired) electrons. The fourth-order valence-electron chi connectivity index (χ4n) is 2.84. The third-order valence-corrected chi connectivity index (χ3v) is 3.94. The second kappa shape index (κ2) is 6.89. The number of nitrogens with zero attached hydrogens (tertiary/aromatic N) is 1. The van der Waals surface area contributed by atoms with Crippen LogP contribution in [0, 0.1) is 18.6 Å². The summed E-state index contributed by atoms with van der Waals surface area (Å²) in [6.07, 6.45) is 1.70. The van der Waals surface area contributed by atoms with Gasteiger partial charge in [-0.1, -0.05) is 18.2 Å². The normalized spacial score (nSPS) is 10.7. The van der Waals surface area contributed by atoms with Crippen LogP contribution in [0.25, 0.3) is 16.8 Å². The van der Waals surface area contributed by atoms with Crippen molar-refractivity contribution in [3.8, 4) is 16.8 Å². The molecule has 0 saturated heterocycles. The Hall–Kier alpha value is -2.95. The second-order valence-corrected chi connectivity index (χ2v) is 5.60. The van der Waals surface area contributed by atoms with Crippen LogP contribution in [-0.2, 0) is 4.74 Å². The molecule has 0 N–H and O–H groups in total. The van der Waals surface area contributed by atoms with E-state index in [0.717, 1.165) is 11.8 Å². The van der Waals surface area contributed by atoms with Gasteiger partial charge in [-0.05, 0) is 49.2 Å². The van der Waals surface area contributed by atoms with Crippen LogP contribution in [-0.4, -0.2) is 17.1 Å². The smallest absolute Gasteiger partial charge is 0.355 e. The first-order chi connectivity index (χ1) is 12.0. The van der Waals surface area contributed by atoms with Gasteiger partial charge in [-0.2, -0.15) is 0 Å². The van der Waals surface area contributed by atoms with Crippen LogP contribution in [0.4, 0.5) is 8.78 Å². The molecule has 1 heterocycles. The van der Waals surface area contributed by atoms with Crippen molar-refractivity contribution >= 4 is 5.97 Å². The zero-order valence-corrected chi connectivity index (χ0v) is 13.9. The average molecular weight is 341 g/mol. The molecule has 0 saturated carbocycles. The van der Waals surface area contributed by atoms with Gasteiger partial charge in [0.05, 0.1) is 6.61 Å². The van der Waals surface area contributed by atoms with Crippen LogP contribution >= 0.6 is 0 Å². The minimum absolute atomic E-state index is 0.238. The number of para-hydroxylation sites is 1. The molecule has 0 atom stereocenters. The summed E-state index contributed by atoms with van der Waals surface area (Å²) in [5.74, 6) is -1.81. The zero-order valence-electron chi connectivity index (χ0n) is 13.9. The number of hydrogen-bond acceptors (Lipinski definition) is 2. The Morgan fingerprint density at radius 2 is 1.72 bits per heavy atom. The maximum Gasteiger partial charge on any atom is 0.355 e. The van der Waals surface area contributed by atoms with E-state index in [1.165, 1.54) is 12.1 Å². The van der Waals surface area contributed by atoms with Gasteiger partial charge < -0.3 is 9.30 Å². The summed E-state index contributed by atoms with van der Waals surface area (Å²) < 4.78 is 34.1. The SMILES string of the molecule is CCOC(=O)c1c(C)c(-c2cc(F)cc(F)c2)cn1-c1ccccc1. The number of ether oxygens (including phenoxy) is 1. The molecule has 0 unspecified atom stereocenters. The molecule has 5 heteroatoms. The molecule has 3 aromatic rings. The molecule has 0 aliphatic heterocycles. The van der Waals surface area contributed by atoms with E-state index in [9.17, 15) is 13.6 Å². The molecule has 128 valence electrons. The van der Waals surface area contributed by atoms with E-state index in [4.69, 9.17) is 4.74 Å². The molecule has 2 aromatic carbocycles. The van der Waals surface area contributed by atoms with Gasteiger partial charge in [0.2, 0.25) is 0 Å². The minimum Gasteiger partial charge on any atom is -0.461 e. The highest BCUT2D eigenvalue weighted by Crippen LogP contribution is 2.31. The van der Waals surface area contributed by atoms with Gasteiger partial charge in [0.25, 0.3) is 0 Å². The molecular formula is C20H17F2NO2. The molecule has 0 amide bonds. The molecular weight excluding hydrogens is 324 g/mol. The Labute approximate surface area is 144 Å². The topological polar surface area (TPSA) is 31.2 Å². The first-order valence-electron chi connectivity index (χ1n) is 7.92. The van der Waals surface area contributed by atoms with Crippen LogP contribution < -0.4 is 0 Å². The summed E-state index contributed by atoms with van der Waals surface area (Å²) in [7, 11) is 0. The Bertz CT molecular complexity index is 897. The van der Waals surface area contributed by atoms with E-state index in [0.29, 0.717) is 22.4 Å². The third-order valence-electron chi connectivity index (χ3n) is 3.94. The first-order valence-corrected chi connectivity index (χ1v) is 7.92. The van der Waals surface area contributed by atoms with Crippen LogP contribution in [0.3, 0.4) is 0 Å². The monoisotopic (exact) mass is 341 g/mol. The number of rotatable bonds is 4. The predicted molar refractivity (Wildman–Crippen MR) is 91.8 cm³/mol. The van der Waals surface area contributed by atoms with Gasteiger partial charge in [0.15, 0.2) is 0 Å². The largest absolute Gasteiger partial charge is 0.461 e.